The highest BCUT2D eigenvalue weighted by atomic mass is 79.9. The van der Waals surface area contributed by atoms with Crippen LogP contribution in [0, 0.1) is 12.7 Å². The fourth-order valence-electron chi connectivity index (χ4n) is 1.21. The Morgan fingerprint density at radius 1 is 1.38 bits per heavy atom. The first-order chi connectivity index (χ1) is 7.56. The van der Waals surface area contributed by atoms with Crippen LogP contribution in [0.2, 0.25) is 0 Å². The molecule has 16 heavy (non-hydrogen) atoms. The molecule has 0 fully saturated rings. The van der Waals surface area contributed by atoms with E-state index in [1.807, 2.05) is 12.3 Å². The highest BCUT2D eigenvalue weighted by Gasteiger charge is 2.07. The van der Waals surface area contributed by atoms with Crippen molar-refractivity contribution in [3.05, 3.63) is 38.0 Å². The molecule has 84 valence electrons. The average molecular weight is 366 g/mol. The van der Waals surface area contributed by atoms with E-state index in [-0.39, 0.29) is 5.82 Å². The summed E-state index contributed by atoms with van der Waals surface area (Å²) in [6, 6.07) is 3.19. The number of aryl methyl sites for hydroxylation is 1. The number of halogens is 3. The van der Waals surface area contributed by atoms with Gasteiger partial charge in [0, 0.05) is 11.1 Å². The van der Waals surface area contributed by atoms with Gasteiger partial charge in [-0.2, -0.15) is 0 Å². The third kappa shape index (κ3) is 2.61. The van der Waals surface area contributed by atoms with Crippen LogP contribution in [0.1, 0.15) is 5.56 Å². The summed E-state index contributed by atoms with van der Waals surface area (Å²) in [6.07, 6.45) is 0. The summed E-state index contributed by atoms with van der Waals surface area (Å²) in [5.41, 5.74) is 1.68. The van der Waals surface area contributed by atoms with E-state index in [1.54, 1.807) is 6.07 Å². The van der Waals surface area contributed by atoms with E-state index in [0.29, 0.717) is 4.47 Å². The summed E-state index contributed by atoms with van der Waals surface area (Å²) in [7, 11) is 0. The van der Waals surface area contributed by atoms with Crippen molar-refractivity contribution < 1.29 is 4.39 Å². The minimum atomic E-state index is -0.261. The van der Waals surface area contributed by atoms with Gasteiger partial charge >= 0.3 is 0 Å². The lowest BCUT2D eigenvalue weighted by Crippen LogP contribution is -1.94. The monoisotopic (exact) mass is 364 g/mol. The normalized spacial score (nSPS) is 10.5. The van der Waals surface area contributed by atoms with Crippen LogP contribution in [-0.4, -0.2) is 4.98 Å². The van der Waals surface area contributed by atoms with Crippen LogP contribution in [0.25, 0.3) is 0 Å². The van der Waals surface area contributed by atoms with Crippen molar-refractivity contribution in [2.45, 2.75) is 6.92 Å². The Labute approximate surface area is 113 Å². The van der Waals surface area contributed by atoms with E-state index in [0.717, 1.165) is 21.0 Å². The summed E-state index contributed by atoms with van der Waals surface area (Å²) in [5.74, 6) is -0.261. The number of nitrogens with one attached hydrogen (secondary N) is 1. The molecular formula is C10H7Br2FN2S. The van der Waals surface area contributed by atoms with Crippen molar-refractivity contribution in [2.75, 3.05) is 5.32 Å². The zero-order chi connectivity index (χ0) is 11.7. The van der Waals surface area contributed by atoms with Crippen LogP contribution < -0.4 is 5.32 Å². The van der Waals surface area contributed by atoms with Crippen molar-refractivity contribution in [3.63, 3.8) is 0 Å². The number of thiazole rings is 1. The van der Waals surface area contributed by atoms with Gasteiger partial charge in [-0.1, -0.05) is 0 Å². The molecule has 0 radical (unpaired) electrons. The van der Waals surface area contributed by atoms with E-state index in [4.69, 9.17) is 0 Å². The van der Waals surface area contributed by atoms with Gasteiger partial charge in [-0.3, -0.25) is 0 Å². The first-order valence-electron chi connectivity index (χ1n) is 4.40. The summed E-state index contributed by atoms with van der Waals surface area (Å²) in [5, 5.41) is 5.80. The summed E-state index contributed by atoms with van der Waals surface area (Å²) in [4.78, 5) is 4.21. The molecular weight excluding hydrogens is 359 g/mol. The van der Waals surface area contributed by atoms with Gasteiger partial charge in [0.05, 0.1) is 4.47 Å². The molecule has 1 heterocycles. The van der Waals surface area contributed by atoms with Gasteiger partial charge < -0.3 is 5.32 Å². The van der Waals surface area contributed by atoms with Gasteiger partial charge in [0.2, 0.25) is 0 Å². The fraction of sp³-hybridized carbons (Fsp3) is 0.100. The second-order valence-corrected chi connectivity index (χ2v) is 5.71. The lowest BCUT2D eigenvalue weighted by atomic mass is 10.2. The molecule has 0 saturated heterocycles. The van der Waals surface area contributed by atoms with Crippen LogP contribution in [0.4, 0.5) is 15.2 Å². The largest absolute Gasteiger partial charge is 0.331 e. The van der Waals surface area contributed by atoms with Crippen LogP contribution in [-0.2, 0) is 0 Å². The minimum Gasteiger partial charge on any atom is -0.331 e. The molecule has 1 aromatic heterocycles. The number of rotatable bonds is 2. The van der Waals surface area contributed by atoms with Crippen LogP contribution in [0.5, 0.6) is 0 Å². The molecule has 0 aliphatic carbocycles. The quantitative estimate of drug-likeness (QED) is 0.821. The molecule has 0 saturated carbocycles. The van der Waals surface area contributed by atoms with Crippen molar-refractivity contribution in [3.8, 4) is 0 Å². The Balaban J connectivity index is 2.31. The van der Waals surface area contributed by atoms with Gasteiger partial charge in [-0.25, -0.2) is 9.37 Å². The predicted octanol–water partition coefficient (Wildman–Crippen LogP) is 4.86. The van der Waals surface area contributed by atoms with Gasteiger partial charge in [0.15, 0.2) is 5.13 Å². The molecule has 2 aromatic rings. The van der Waals surface area contributed by atoms with Gasteiger partial charge in [-0.05, 0) is 56.5 Å². The van der Waals surface area contributed by atoms with Crippen LogP contribution >= 0.6 is 43.2 Å². The van der Waals surface area contributed by atoms with Gasteiger partial charge in [-0.15, -0.1) is 11.3 Å². The first kappa shape index (κ1) is 12.0. The van der Waals surface area contributed by atoms with E-state index in [9.17, 15) is 4.39 Å². The second kappa shape index (κ2) is 4.81. The van der Waals surface area contributed by atoms with Crippen molar-refractivity contribution in [1.82, 2.24) is 4.98 Å². The lowest BCUT2D eigenvalue weighted by molar-refractivity contribution is 0.620. The number of hydrogen-bond acceptors (Lipinski definition) is 3. The SMILES string of the molecule is Cc1cc(F)c(Br)cc1Nc1nc(Br)cs1. The maximum absolute atomic E-state index is 13.2. The van der Waals surface area contributed by atoms with E-state index in [2.05, 4.69) is 42.2 Å². The number of anilines is 2. The number of hydrogen-bond donors (Lipinski definition) is 1. The summed E-state index contributed by atoms with van der Waals surface area (Å²) in [6.45, 7) is 1.85. The van der Waals surface area contributed by atoms with Gasteiger partial charge in [0.1, 0.15) is 10.4 Å². The Hall–Kier alpha value is -0.460. The van der Waals surface area contributed by atoms with E-state index < -0.39 is 0 Å². The third-order valence-corrected chi connectivity index (χ3v) is 4.06. The molecule has 0 spiro atoms. The number of nitrogens with zero attached hydrogens (tertiary/aromatic N) is 1. The Morgan fingerprint density at radius 2 is 2.12 bits per heavy atom. The maximum atomic E-state index is 13.2. The topological polar surface area (TPSA) is 24.9 Å². The molecule has 0 unspecified atom stereocenters. The maximum Gasteiger partial charge on any atom is 0.188 e. The lowest BCUT2D eigenvalue weighted by Gasteiger charge is -2.07. The molecule has 6 heteroatoms. The summed E-state index contributed by atoms with van der Waals surface area (Å²) >= 11 is 7.92. The number of benzene rings is 1. The van der Waals surface area contributed by atoms with Crippen molar-refractivity contribution in [1.29, 1.82) is 0 Å². The van der Waals surface area contributed by atoms with Crippen LogP contribution in [0.3, 0.4) is 0 Å². The molecule has 0 aliphatic heterocycles. The van der Waals surface area contributed by atoms with E-state index in [1.165, 1.54) is 17.4 Å². The van der Waals surface area contributed by atoms with Crippen LogP contribution in [0.15, 0.2) is 26.6 Å². The molecule has 1 aromatic carbocycles. The fourth-order valence-corrected chi connectivity index (χ4v) is 2.71. The molecule has 0 atom stereocenters. The second-order valence-electron chi connectivity index (χ2n) is 3.18. The minimum absolute atomic E-state index is 0.261. The summed E-state index contributed by atoms with van der Waals surface area (Å²) < 4.78 is 14.4. The Kier molecular flexibility index (Phi) is 3.61. The first-order valence-corrected chi connectivity index (χ1v) is 6.86. The molecule has 0 aliphatic rings. The van der Waals surface area contributed by atoms with Gasteiger partial charge in [0.25, 0.3) is 0 Å². The molecule has 0 bridgehead atoms. The molecule has 2 rings (SSSR count). The van der Waals surface area contributed by atoms with Crippen molar-refractivity contribution >= 4 is 54.0 Å². The molecule has 0 amide bonds. The highest BCUT2D eigenvalue weighted by molar-refractivity contribution is 9.10. The standard InChI is InChI=1S/C10H7Br2FN2S/c1-5-2-7(13)6(11)3-8(5)14-10-15-9(12)4-16-10/h2-4H,1H3,(H,14,15). The smallest absolute Gasteiger partial charge is 0.188 e. The Morgan fingerprint density at radius 3 is 2.75 bits per heavy atom. The van der Waals surface area contributed by atoms with E-state index >= 15 is 0 Å². The third-order valence-electron chi connectivity index (χ3n) is 1.99. The highest BCUT2D eigenvalue weighted by Crippen LogP contribution is 2.29. The van der Waals surface area contributed by atoms with Crippen molar-refractivity contribution in [2.24, 2.45) is 0 Å². The zero-order valence-corrected chi connectivity index (χ0v) is 12.2. The molecule has 2 nitrogen and oxygen atoms in total. The molecule has 1 N–H and O–H groups in total. The Bertz CT molecular complexity index is 528. The zero-order valence-electron chi connectivity index (χ0n) is 8.22. The number of aromatic nitrogens is 1. The average Bonchev–Trinajstić information content (AvgIpc) is 2.60. The predicted molar refractivity (Wildman–Crippen MR) is 71.9 cm³/mol.